The topological polar surface area (TPSA) is 55.3 Å². The summed E-state index contributed by atoms with van der Waals surface area (Å²) in [6.07, 6.45) is 1.81. The summed E-state index contributed by atoms with van der Waals surface area (Å²) in [5.74, 6) is 1.87. The molecule has 18 heavy (non-hydrogen) atoms. The molecule has 0 aromatic carbocycles. The van der Waals surface area contributed by atoms with Gasteiger partial charge in [0.2, 0.25) is 0 Å². The molecule has 0 saturated heterocycles. The summed E-state index contributed by atoms with van der Waals surface area (Å²) in [5, 5.41) is 0. The molecule has 0 saturated carbocycles. The predicted octanol–water partition coefficient (Wildman–Crippen LogP) is 2.07. The molecule has 0 aliphatic carbocycles. The van der Waals surface area contributed by atoms with Crippen LogP contribution in [0.1, 0.15) is 22.8 Å². The van der Waals surface area contributed by atoms with Crippen LogP contribution in [0, 0.1) is 6.92 Å². The van der Waals surface area contributed by atoms with Crippen molar-refractivity contribution in [1.82, 2.24) is 9.88 Å². The molecule has 0 unspecified atom stereocenters. The van der Waals surface area contributed by atoms with E-state index in [0.29, 0.717) is 6.54 Å². The third-order valence-corrected chi connectivity index (χ3v) is 2.88. The second-order valence-electron chi connectivity index (χ2n) is 4.49. The molecule has 0 aliphatic rings. The van der Waals surface area contributed by atoms with Crippen molar-refractivity contribution in [3.05, 3.63) is 53.2 Å². The lowest BCUT2D eigenvalue weighted by Gasteiger charge is -2.14. The van der Waals surface area contributed by atoms with Crippen molar-refractivity contribution >= 4 is 0 Å². The Morgan fingerprint density at radius 1 is 1.33 bits per heavy atom. The van der Waals surface area contributed by atoms with E-state index in [9.17, 15) is 0 Å². The van der Waals surface area contributed by atoms with Gasteiger partial charge in [-0.05, 0) is 32.2 Å². The Morgan fingerprint density at radius 3 is 2.78 bits per heavy atom. The van der Waals surface area contributed by atoms with Gasteiger partial charge in [-0.25, -0.2) is 0 Å². The molecule has 2 rings (SSSR count). The van der Waals surface area contributed by atoms with Crippen LogP contribution in [0.5, 0.6) is 0 Å². The van der Waals surface area contributed by atoms with E-state index in [1.807, 2.05) is 37.4 Å². The lowest BCUT2D eigenvalue weighted by molar-refractivity contribution is 0.282. The number of hydrogen-bond donors (Lipinski definition) is 1. The van der Waals surface area contributed by atoms with Gasteiger partial charge < -0.3 is 10.2 Å². The van der Waals surface area contributed by atoms with Crippen LogP contribution in [0.25, 0.3) is 0 Å². The van der Waals surface area contributed by atoms with Crippen molar-refractivity contribution in [2.75, 3.05) is 7.05 Å². The Morgan fingerprint density at radius 2 is 2.17 bits per heavy atom. The monoisotopic (exact) mass is 245 g/mol. The van der Waals surface area contributed by atoms with E-state index in [1.165, 1.54) is 0 Å². The van der Waals surface area contributed by atoms with Crippen molar-refractivity contribution in [2.24, 2.45) is 5.73 Å². The molecule has 0 amide bonds. The number of aromatic nitrogens is 1. The third kappa shape index (κ3) is 3.18. The molecule has 2 N–H and O–H groups in total. The van der Waals surface area contributed by atoms with Gasteiger partial charge >= 0.3 is 0 Å². The van der Waals surface area contributed by atoms with Crippen LogP contribution in [0.3, 0.4) is 0 Å². The highest BCUT2D eigenvalue weighted by Gasteiger charge is 2.09. The summed E-state index contributed by atoms with van der Waals surface area (Å²) < 4.78 is 5.67. The van der Waals surface area contributed by atoms with E-state index < -0.39 is 0 Å². The average molecular weight is 245 g/mol. The summed E-state index contributed by atoms with van der Waals surface area (Å²) in [6.45, 7) is 4.04. The summed E-state index contributed by atoms with van der Waals surface area (Å²) in [7, 11) is 2.05. The number of nitrogens with two attached hydrogens (primary N) is 1. The molecule has 0 fully saturated rings. The Hall–Kier alpha value is -1.65. The largest absolute Gasteiger partial charge is 0.465 e. The van der Waals surface area contributed by atoms with Crippen LogP contribution in [0.4, 0.5) is 0 Å². The fourth-order valence-corrected chi connectivity index (χ4v) is 1.96. The van der Waals surface area contributed by atoms with Crippen molar-refractivity contribution in [3.8, 4) is 0 Å². The van der Waals surface area contributed by atoms with Crippen LogP contribution in [-0.4, -0.2) is 16.9 Å². The van der Waals surface area contributed by atoms with E-state index in [4.69, 9.17) is 10.2 Å². The maximum atomic E-state index is 5.67. The van der Waals surface area contributed by atoms with Crippen LogP contribution in [0.2, 0.25) is 0 Å². The summed E-state index contributed by atoms with van der Waals surface area (Å²) in [4.78, 5) is 6.47. The minimum absolute atomic E-state index is 0.527. The number of aryl methyl sites for hydroxylation is 1. The predicted molar refractivity (Wildman–Crippen MR) is 70.7 cm³/mol. The molecule has 0 aliphatic heterocycles. The molecule has 2 aromatic heterocycles. The molecule has 96 valence electrons. The van der Waals surface area contributed by atoms with E-state index in [-0.39, 0.29) is 0 Å². The van der Waals surface area contributed by atoms with E-state index >= 15 is 0 Å². The molecule has 0 atom stereocenters. The number of furan rings is 1. The van der Waals surface area contributed by atoms with Gasteiger partial charge in [0.25, 0.3) is 0 Å². The number of nitrogens with zero attached hydrogens (tertiary/aromatic N) is 2. The van der Waals surface area contributed by atoms with Gasteiger partial charge in [0.15, 0.2) is 0 Å². The fraction of sp³-hybridized carbons (Fsp3) is 0.357. The Kier molecular flexibility index (Phi) is 4.12. The second kappa shape index (κ2) is 5.80. The Bertz CT molecular complexity index is 493. The van der Waals surface area contributed by atoms with Crippen molar-refractivity contribution in [3.63, 3.8) is 0 Å². The third-order valence-electron chi connectivity index (χ3n) is 2.88. The van der Waals surface area contributed by atoms with Gasteiger partial charge in [-0.2, -0.15) is 0 Å². The van der Waals surface area contributed by atoms with Gasteiger partial charge in [-0.1, -0.05) is 6.07 Å². The first-order chi connectivity index (χ1) is 8.69. The first-order valence-corrected chi connectivity index (χ1v) is 6.05. The zero-order valence-corrected chi connectivity index (χ0v) is 10.9. The highest BCUT2D eigenvalue weighted by molar-refractivity contribution is 5.20. The summed E-state index contributed by atoms with van der Waals surface area (Å²) in [6, 6.07) is 7.98. The van der Waals surface area contributed by atoms with Gasteiger partial charge in [-0.3, -0.25) is 9.88 Å². The smallest absolute Gasteiger partial charge is 0.118 e. The molecule has 2 aromatic rings. The standard InChI is InChI=1S/C14H19N3O/c1-11-12(8-15)7-14(18-11)10-17(2)9-13-5-3-4-6-16-13/h3-7H,8-10,15H2,1-2H3. The van der Waals surface area contributed by atoms with Crippen molar-refractivity contribution in [1.29, 1.82) is 0 Å². The second-order valence-corrected chi connectivity index (χ2v) is 4.49. The average Bonchev–Trinajstić information content (AvgIpc) is 2.70. The van der Waals surface area contributed by atoms with Crippen LogP contribution < -0.4 is 5.73 Å². The molecule has 0 bridgehead atoms. The Labute approximate surface area is 107 Å². The Balaban J connectivity index is 1.96. The zero-order chi connectivity index (χ0) is 13.0. The normalized spacial score (nSPS) is 11.1. The maximum absolute atomic E-state index is 5.67. The fourth-order valence-electron chi connectivity index (χ4n) is 1.96. The van der Waals surface area contributed by atoms with E-state index in [0.717, 1.165) is 35.9 Å². The van der Waals surface area contributed by atoms with Gasteiger partial charge in [-0.15, -0.1) is 0 Å². The number of hydrogen-bond acceptors (Lipinski definition) is 4. The first kappa shape index (κ1) is 12.8. The molecule has 4 heteroatoms. The first-order valence-electron chi connectivity index (χ1n) is 6.05. The van der Waals surface area contributed by atoms with Crippen LogP contribution in [0.15, 0.2) is 34.9 Å². The highest BCUT2D eigenvalue weighted by atomic mass is 16.3. The molecule has 4 nitrogen and oxygen atoms in total. The van der Waals surface area contributed by atoms with E-state index in [2.05, 4.69) is 16.9 Å². The molecular weight excluding hydrogens is 226 g/mol. The van der Waals surface area contributed by atoms with Gasteiger partial charge in [0.1, 0.15) is 11.5 Å². The van der Waals surface area contributed by atoms with Gasteiger partial charge in [0.05, 0.1) is 12.2 Å². The lowest BCUT2D eigenvalue weighted by Crippen LogP contribution is -2.17. The number of pyridine rings is 1. The van der Waals surface area contributed by atoms with Gasteiger partial charge in [0, 0.05) is 24.8 Å². The zero-order valence-electron chi connectivity index (χ0n) is 10.9. The number of rotatable bonds is 5. The maximum Gasteiger partial charge on any atom is 0.118 e. The minimum atomic E-state index is 0.527. The molecule has 0 radical (unpaired) electrons. The molecular formula is C14H19N3O. The minimum Gasteiger partial charge on any atom is -0.465 e. The molecule has 2 heterocycles. The molecule has 0 spiro atoms. The quantitative estimate of drug-likeness (QED) is 0.876. The summed E-state index contributed by atoms with van der Waals surface area (Å²) in [5.41, 5.74) is 7.77. The van der Waals surface area contributed by atoms with E-state index in [1.54, 1.807) is 0 Å². The lowest BCUT2D eigenvalue weighted by atomic mass is 10.2. The van der Waals surface area contributed by atoms with Crippen molar-refractivity contribution in [2.45, 2.75) is 26.6 Å². The SMILES string of the molecule is Cc1oc(CN(C)Cc2ccccn2)cc1CN. The van der Waals surface area contributed by atoms with Crippen molar-refractivity contribution < 1.29 is 4.42 Å². The highest BCUT2D eigenvalue weighted by Crippen LogP contribution is 2.15. The summed E-state index contributed by atoms with van der Waals surface area (Å²) >= 11 is 0. The van der Waals surface area contributed by atoms with Crippen LogP contribution >= 0.6 is 0 Å². The van der Waals surface area contributed by atoms with Crippen LogP contribution in [-0.2, 0) is 19.6 Å².